The number of aryl methyl sites for hydroxylation is 2. The van der Waals surface area contributed by atoms with Crippen molar-refractivity contribution in [3.8, 4) is 0 Å². The summed E-state index contributed by atoms with van der Waals surface area (Å²) in [7, 11) is 0. The molecule has 17 nitrogen and oxygen atoms in total. The highest BCUT2D eigenvalue weighted by Gasteiger charge is 2.31. The van der Waals surface area contributed by atoms with Crippen molar-refractivity contribution in [2.75, 3.05) is 13.1 Å². The molecule has 5 aromatic rings. The van der Waals surface area contributed by atoms with Gasteiger partial charge >= 0.3 is 0 Å². The molecule has 3 aromatic heterocycles. The molecule has 17 heteroatoms. The average Bonchev–Trinajstić information content (AvgIpc) is 3.94. The smallest absolute Gasteiger partial charge is 0.274 e. The normalized spacial score (nSPS) is 19.5. The molecule has 4 atom stereocenters. The molecule has 4 heterocycles. The first-order valence-corrected chi connectivity index (χ1v) is 18.1. The minimum absolute atomic E-state index is 0.00558. The van der Waals surface area contributed by atoms with E-state index in [1.807, 2.05) is 66.1 Å². The molecular weight excluding hydrogens is 710 g/mol. The van der Waals surface area contributed by atoms with E-state index in [4.69, 9.17) is 13.9 Å². The van der Waals surface area contributed by atoms with Gasteiger partial charge in [-0.05, 0) is 31.5 Å². The summed E-state index contributed by atoms with van der Waals surface area (Å²) in [5.74, 6) is -2.04. The van der Waals surface area contributed by atoms with E-state index in [1.54, 1.807) is 0 Å². The van der Waals surface area contributed by atoms with E-state index in [2.05, 4.69) is 31.4 Å². The van der Waals surface area contributed by atoms with Gasteiger partial charge in [-0.3, -0.25) is 24.0 Å². The number of rotatable bonds is 7. The van der Waals surface area contributed by atoms with Crippen molar-refractivity contribution in [1.82, 2.24) is 45.9 Å². The number of carbonyl (C=O) groups is 5. The molecule has 0 radical (unpaired) electrons. The zero-order valence-corrected chi connectivity index (χ0v) is 30.7. The number of nitrogens with zero attached hydrogens (tertiary/aromatic N) is 5. The van der Waals surface area contributed by atoms with Crippen LogP contribution in [0.5, 0.6) is 0 Å². The zero-order valence-electron chi connectivity index (χ0n) is 30.7. The molecule has 0 aliphatic carbocycles. The summed E-state index contributed by atoms with van der Waals surface area (Å²) in [6, 6.07) is 15.0. The Morgan fingerprint density at radius 2 is 1.71 bits per heavy atom. The molecule has 0 saturated heterocycles. The maximum absolute atomic E-state index is 13.8. The van der Waals surface area contributed by atoms with Crippen molar-refractivity contribution in [2.24, 2.45) is 0 Å². The lowest BCUT2D eigenvalue weighted by Gasteiger charge is -2.24. The Morgan fingerprint density at radius 3 is 2.47 bits per heavy atom. The van der Waals surface area contributed by atoms with Crippen LogP contribution in [0.15, 0.2) is 75.9 Å². The number of fused-ring (bicyclic) bond motifs is 5. The fourth-order valence-corrected chi connectivity index (χ4v) is 6.28. The highest BCUT2D eigenvalue weighted by atomic mass is 16.5. The van der Waals surface area contributed by atoms with Gasteiger partial charge in [-0.25, -0.2) is 9.97 Å². The lowest BCUT2D eigenvalue weighted by Crippen LogP contribution is -2.56. The van der Waals surface area contributed by atoms with Crippen molar-refractivity contribution >= 4 is 40.6 Å². The molecule has 0 spiro atoms. The molecule has 0 fully saturated rings. The highest BCUT2D eigenvalue weighted by molar-refractivity contribution is 5.97. The van der Waals surface area contributed by atoms with Crippen molar-refractivity contribution in [2.45, 2.75) is 77.4 Å². The number of para-hydroxylation sites is 2. The average molecular weight is 754 g/mol. The molecule has 2 aromatic carbocycles. The van der Waals surface area contributed by atoms with Crippen LogP contribution in [0.2, 0.25) is 0 Å². The van der Waals surface area contributed by atoms with Gasteiger partial charge in [0, 0.05) is 45.0 Å². The molecule has 0 unspecified atom stereocenters. The van der Waals surface area contributed by atoms with E-state index in [9.17, 15) is 29.1 Å². The van der Waals surface area contributed by atoms with Crippen LogP contribution in [0.3, 0.4) is 0 Å². The van der Waals surface area contributed by atoms with E-state index in [0.29, 0.717) is 13.0 Å². The van der Waals surface area contributed by atoms with Gasteiger partial charge in [0.1, 0.15) is 30.2 Å². The number of hydrogen-bond donors (Lipinski definition) is 5. The molecule has 1 aliphatic rings. The number of aromatic nitrogens is 4. The first-order chi connectivity index (χ1) is 26.5. The van der Waals surface area contributed by atoms with Crippen LogP contribution in [-0.4, -0.2) is 90.5 Å². The summed E-state index contributed by atoms with van der Waals surface area (Å²) in [6.45, 7) is 5.11. The minimum Gasteiger partial charge on any atom is -0.446 e. The topological polar surface area (TPSA) is 227 Å². The van der Waals surface area contributed by atoms with Gasteiger partial charge in [0.05, 0.1) is 23.7 Å². The molecule has 55 heavy (non-hydrogen) atoms. The number of benzene rings is 2. The highest BCUT2D eigenvalue weighted by Crippen LogP contribution is 2.21. The first-order valence-electron chi connectivity index (χ1n) is 18.1. The second-order valence-electron chi connectivity index (χ2n) is 13.3. The Balaban J connectivity index is 1.28. The lowest BCUT2D eigenvalue weighted by molar-refractivity contribution is -0.133. The summed E-state index contributed by atoms with van der Waals surface area (Å²) >= 11 is 0. The van der Waals surface area contributed by atoms with Crippen molar-refractivity contribution < 1.29 is 38.0 Å². The van der Waals surface area contributed by atoms with Gasteiger partial charge in [-0.1, -0.05) is 54.5 Å². The van der Waals surface area contributed by atoms with E-state index >= 15 is 0 Å². The van der Waals surface area contributed by atoms with Crippen LogP contribution < -0.4 is 21.3 Å². The Morgan fingerprint density at radius 1 is 0.964 bits per heavy atom. The van der Waals surface area contributed by atoms with Gasteiger partial charge in [-0.2, -0.15) is 0 Å². The largest absolute Gasteiger partial charge is 0.446 e. The van der Waals surface area contributed by atoms with Crippen LogP contribution in [-0.2, 0) is 40.3 Å². The predicted molar refractivity (Wildman–Crippen MR) is 196 cm³/mol. The molecule has 1 aliphatic heterocycles. The lowest BCUT2D eigenvalue weighted by atomic mass is 10.1. The Bertz CT molecular complexity index is 2160. The third kappa shape index (κ3) is 9.24. The SMILES string of the molecule is CCc1nc2ccccc2n1CCC(=O)N1CCNC(=O)[C@@H](C)NC(=O)[C@H]([C@@H](C)O)NC(=O)c2coc(n2)[C@@H](Cc2ccccc2)NC(=O)c2cc(on2)C1. The summed E-state index contributed by atoms with van der Waals surface area (Å²) in [6.07, 6.45) is 0.722. The molecule has 288 valence electrons. The van der Waals surface area contributed by atoms with Crippen molar-refractivity contribution in [1.29, 1.82) is 0 Å². The second kappa shape index (κ2) is 17.2. The number of aliphatic hydroxyl groups is 1. The monoisotopic (exact) mass is 753 g/mol. The van der Waals surface area contributed by atoms with E-state index in [-0.39, 0.29) is 61.4 Å². The third-order valence-corrected chi connectivity index (χ3v) is 9.22. The van der Waals surface area contributed by atoms with Crippen LogP contribution >= 0.6 is 0 Å². The number of aliphatic hydroxyl groups excluding tert-OH is 1. The molecular formula is C38H43N9O8. The molecule has 5 N–H and O–H groups in total. The van der Waals surface area contributed by atoms with Crippen LogP contribution in [0.1, 0.15) is 77.2 Å². The maximum Gasteiger partial charge on any atom is 0.274 e. The Kier molecular flexibility index (Phi) is 12.0. The first kappa shape index (κ1) is 38.4. The Labute approximate surface area is 315 Å². The molecule has 6 rings (SSSR count). The number of oxazole rings is 1. The van der Waals surface area contributed by atoms with Crippen LogP contribution in [0, 0.1) is 0 Å². The van der Waals surface area contributed by atoms with E-state index < -0.39 is 47.9 Å². The molecule has 5 amide bonds. The molecule has 4 bridgehead atoms. The standard InChI is InChI=1S/C38H43N9O8/c1-4-31-41-26-12-8-9-13-30(26)47(31)16-14-32(49)46-17-15-39-34(50)22(2)40-37(53)33(23(3)48)44-36(52)29-21-54-38(43-29)28(18-24-10-6-5-7-11-24)42-35(51)27-19-25(20-46)55-45-27/h5-13,19,21-23,28,33,48H,4,14-18,20H2,1-3H3,(H,39,50)(H,40,53)(H,42,51)(H,44,52)/t22-,23-,28-,33+/m1/s1. The third-order valence-electron chi connectivity index (χ3n) is 9.22. The number of nitrogens with one attached hydrogen (secondary N) is 4. The van der Waals surface area contributed by atoms with Gasteiger partial charge < -0.3 is 44.8 Å². The van der Waals surface area contributed by atoms with E-state index in [0.717, 1.165) is 28.7 Å². The van der Waals surface area contributed by atoms with Crippen LogP contribution in [0.25, 0.3) is 11.0 Å². The zero-order chi connectivity index (χ0) is 39.1. The van der Waals surface area contributed by atoms with Crippen molar-refractivity contribution in [3.05, 3.63) is 101 Å². The van der Waals surface area contributed by atoms with Gasteiger partial charge in [0.15, 0.2) is 17.1 Å². The van der Waals surface area contributed by atoms with Crippen molar-refractivity contribution in [3.63, 3.8) is 0 Å². The Hall–Kier alpha value is -6.36. The summed E-state index contributed by atoms with van der Waals surface area (Å²) < 4.78 is 13.2. The fourth-order valence-electron chi connectivity index (χ4n) is 6.28. The summed E-state index contributed by atoms with van der Waals surface area (Å²) in [5, 5.41) is 24.9. The number of hydrogen-bond acceptors (Lipinski definition) is 11. The number of imidazole rings is 1. The molecule has 0 saturated carbocycles. The minimum atomic E-state index is -1.45. The van der Waals surface area contributed by atoms with E-state index in [1.165, 1.54) is 24.8 Å². The summed E-state index contributed by atoms with van der Waals surface area (Å²) in [4.78, 5) is 77.4. The number of carbonyl (C=O) groups excluding carboxylic acids is 5. The van der Waals surface area contributed by atoms with Crippen LogP contribution in [0.4, 0.5) is 0 Å². The number of amides is 5. The van der Waals surface area contributed by atoms with Gasteiger partial charge in [0.25, 0.3) is 11.8 Å². The van der Waals surface area contributed by atoms with Gasteiger partial charge in [-0.15, -0.1) is 0 Å². The quantitative estimate of drug-likeness (QED) is 0.161. The fraction of sp³-hybridized carbons (Fsp3) is 0.368. The second-order valence-corrected chi connectivity index (χ2v) is 13.3. The predicted octanol–water partition coefficient (Wildman–Crippen LogP) is 1.82. The van der Waals surface area contributed by atoms with Gasteiger partial charge in [0.2, 0.25) is 23.6 Å². The maximum atomic E-state index is 13.8. The summed E-state index contributed by atoms with van der Waals surface area (Å²) in [5.41, 5.74) is 2.29.